The van der Waals surface area contributed by atoms with Gasteiger partial charge in [-0.1, -0.05) is 12.1 Å². The van der Waals surface area contributed by atoms with Crippen LogP contribution in [0.25, 0.3) is 0 Å². The topological polar surface area (TPSA) is 51.5 Å². The second-order valence-electron chi connectivity index (χ2n) is 5.41. The SMILES string of the molecule is CCN(C(=O)c1ccn(C)c(=O)c1)C(C)c1cccc(OC)c1. The summed E-state index contributed by atoms with van der Waals surface area (Å²) >= 11 is 0. The van der Waals surface area contributed by atoms with Crippen molar-refractivity contribution in [1.29, 1.82) is 0 Å². The average Bonchev–Trinajstić information content (AvgIpc) is 2.57. The van der Waals surface area contributed by atoms with Gasteiger partial charge in [0.15, 0.2) is 0 Å². The largest absolute Gasteiger partial charge is 0.497 e. The molecule has 0 spiro atoms. The third-order valence-corrected chi connectivity index (χ3v) is 4.00. The molecular formula is C18H22N2O3. The van der Waals surface area contributed by atoms with E-state index in [1.807, 2.05) is 38.1 Å². The first-order valence-corrected chi connectivity index (χ1v) is 7.59. The minimum Gasteiger partial charge on any atom is -0.497 e. The molecule has 0 saturated heterocycles. The van der Waals surface area contributed by atoms with E-state index in [-0.39, 0.29) is 17.5 Å². The van der Waals surface area contributed by atoms with E-state index >= 15 is 0 Å². The Morgan fingerprint density at radius 3 is 2.65 bits per heavy atom. The predicted octanol–water partition coefficient (Wildman–Crippen LogP) is 2.62. The molecule has 1 atom stereocenters. The van der Waals surface area contributed by atoms with E-state index in [1.54, 1.807) is 31.3 Å². The summed E-state index contributed by atoms with van der Waals surface area (Å²) in [5, 5.41) is 0. The van der Waals surface area contributed by atoms with Crippen molar-refractivity contribution in [3.8, 4) is 5.75 Å². The lowest BCUT2D eigenvalue weighted by Gasteiger charge is -2.28. The number of hydrogen-bond donors (Lipinski definition) is 0. The van der Waals surface area contributed by atoms with Crippen molar-refractivity contribution in [2.24, 2.45) is 7.05 Å². The molecule has 0 fully saturated rings. The summed E-state index contributed by atoms with van der Waals surface area (Å²) in [6.45, 7) is 4.44. The number of benzene rings is 1. The van der Waals surface area contributed by atoms with Gasteiger partial charge in [0, 0.05) is 31.4 Å². The zero-order valence-electron chi connectivity index (χ0n) is 13.9. The highest BCUT2D eigenvalue weighted by molar-refractivity contribution is 5.94. The lowest BCUT2D eigenvalue weighted by atomic mass is 10.1. The number of rotatable bonds is 5. The first-order valence-electron chi connectivity index (χ1n) is 7.59. The minimum atomic E-state index is -0.194. The number of ether oxygens (including phenoxy) is 1. The summed E-state index contributed by atoms with van der Waals surface area (Å²) < 4.78 is 6.69. The summed E-state index contributed by atoms with van der Waals surface area (Å²) in [4.78, 5) is 26.2. The third kappa shape index (κ3) is 3.62. The maximum atomic E-state index is 12.8. The normalized spacial score (nSPS) is 11.8. The quantitative estimate of drug-likeness (QED) is 0.852. The van der Waals surface area contributed by atoms with Crippen LogP contribution < -0.4 is 10.3 Å². The first-order chi connectivity index (χ1) is 11.0. The van der Waals surface area contributed by atoms with E-state index in [0.717, 1.165) is 11.3 Å². The van der Waals surface area contributed by atoms with Crippen molar-refractivity contribution in [2.45, 2.75) is 19.9 Å². The molecule has 0 radical (unpaired) electrons. The van der Waals surface area contributed by atoms with Crippen molar-refractivity contribution in [3.63, 3.8) is 0 Å². The molecular weight excluding hydrogens is 292 g/mol. The van der Waals surface area contributed by atoms with Gasteiger partial charge in [-0.3, -0.25) is 9.59 Å². The summed E-state index contributed by atoms with van der Waals surface area (Å²) in [6, 6.07) is 10.6. The van der Waals surface area contributed by atoms with Crippen LogP contribution in [0.2, 0.25) is 0 Å². The maximum absolute atomic E-state index is 12.8. The van der Waals surface area contributed by atoms with Crippen molar-refractivity contribution in [1.82, 2.24) is 9.47 Å². The summed E-state index contributed by atoms with van der Waals surface area (Å²) in [6.07, 6.45) is 1.61. The molecule has 1 aromatic heterocycles. The summed E-state index contributed by atoms with van der Waals surface area (Å²) in [5.41, 5.74) is 1.20. The Morgan fingerprint density at radius 2 is 2.04 bits per heavy atom. The van der Waals surface area contributed by atoms with Gasteiger partial charge in [0.25, 0.3) is 11.5 Å². The van der Waals surface area contributed by atoms with Crippen LogP contribution in [-0.4, -0.2) is 29.0 Å². The molecule has 0 bridgehead atoms. The van der Waals surface area contributed by atoms with Gasteiger partial charge in [0.1, 0.15) is 5.75 Å². The Hall–Kier alpha value is -2.56. The van der Waals surface area contributed by atoms with E-state index < -0.39 is 0 Å². The van der Waals surface area contributed by atoms with E-state index in [0.29, 0.717) is 12.1 Å². The number of hydrogen-bond acceptors (Lipinski definition) is 3. The number of carbonyl (C=O) groups is 1. The van der Waals surface area contributed by atoms with Crippen molar-refractivity contribution < 1.29 is 9.53 Å². The van der Waals surface area contributed by atoms with Crippen LogP contribution in [0, 0.1) is 0 Å². The summed E-state index contributed by atoms with van der Waals surface area (Å²) in [7, 11) is 3.28. The van der Waals surface area contributed by atoms with Crippen LogP contribution in [0.4, 0.5) is 0 Å². The fourth-order valence-electron chi connectivity index (χ4n) is 2.52. The number of carbonyl (C=O) groups excluding carboxylic acids is 1. The Balaban J connectivity index is 2.31. The minimum absolute atomic E-state index is 0.119. The standard InChI is InChI=1S/C18H22N2O3/c1-5-20(13(2)14-7-6-8-16(11-14)23-4)18(22)15-9-10-19(3)17(21)12-15/h6-13H,5H2,1-4H3. The van der Waals surface area contributed by atoms with Crippen LogP contribution in [0.3, 0.4) is 0 Å². The van der Waals surface area contributed by atoms with Crippen molar-refractivity contribution in [2.75, 3.05) is 13.7 Å². The number of aryl methyl sites for hydroxylation is 1. The van der Waals surface area contributed by atoms with Gasteiger partial charge in [-0.2, -0.15) is 0 Å². The van der Waals surface area contributed by atoms with Crippen LogP contribution in [0.5, 0.6) is 5.75 Å². The van der Waals surface area contributed by atoms with E-state index in [2.05, 4.69) is 0 Å². The van der Waals surface area contributed by atoms with Crippen LogP contribution in [0.1, 0.15) is 35.8 Å². The van der Waals surface area contributed by atoms with E-state index in [4.69, 9.17) is 4.74 Å². The zero-order valence-corrected chi connectivity index (χ0v) is 13.9. The lowest BCUT2D eigenvalue weighted by Crippen LogP contribution is -2.34. The van der Waals surface area contributed by atoms with Crippen LogP contribution in [-0.2, 0) is 7.05 Å². The molecule has 5 nitrogen and oxygen atoms in total. The highest BCUT2D eigenvalue weighted by Crippen LogP contribution is 2.25. The van der Waals surface area contributed by atoms with Gasteiger partial charge < -0.3 is 14.2 Å². The highest BCUT2D eigenvalue weighted by atomic mass is 16.5. The Labute approximate surface area is 136 Å². The molecule has 122 valence electrons. The number of nitrogens with zero attached hydrogens (tertiary/aromatic N) is 2. The fourth-order valence-corrected chi connectivity index (χ4v) is 2.52. The van der Waals surface area contributed by atoms with Gasteiger partial charge in [-0.05, 0) is 37.6 Å². The van der Waals surface area contributed by atoms with Gasteiger partial charge in [0.2, 0.25) is 0 Å². The van der Waals surface area contributed by atoms with Gasteiger partial charge in [-0.25, -0.2) is 0 Å². The maximum Gasteiger partial charge on any atom is 0.254 e. The number of methoxy groups -OCH3 is 1. The molecule has 1 aromatic carbocycles. The molecule has 23 heavy (non-hydrogen) atoms. The average molecular weight is 314 g/mol. The van der Waals surface area contributed by atoms with Gasteiger partial charge in [-0.15, -0.1) is 0 Å². The van der Waals surface area contributed by atoms with Crippen molar-refractivity contribution >= 4 is 5.91 Å². The number of pyridine rings is 1. The Morgan fingerprint density at radius 1 is 1.30 bits per heavy atom. The highest BCUT2D eigenvalue weighted by Gasteiger charge is 2.22. The summed E-state index contributed by atoms with van der Waals surface area (Å²) in [5.74, 6) is 0.604. The molecule has 1 unspecified atom stereocenters. The fraction of sp³-hybridized carbons (Fsp3) is 0.333. The molecule has 2 rings (SSSR count). The number of amides is 1. The Bertz CT molecular complexity index is 752. The smallest absolute Gasteiger partial charge is 0.254 e. The molecule has 0 aliphatic heterocycles. The molecule has 2 aromatic rings. The lowest BCUT2D eigenvalue weighted by molar-refractivity contribution is 0.0701. The Kier molecular flexibility index (Phi) is 5.21. The molecule has 1 heterocycles. The van der Waals surface area contributed by atoms with Crippen molar-refractivity contribution in [3.05, 3.63) is 64.1 Å². The monoisotopic (exact) mass is 314 g/mol. The van der Waals surface area contributed by atoms with Gasteiger partial charge in [0.05, 0.1) is 13.2 Å². The van der Waals surface area contributed by atoms with Crippen LogP contribution in [0.15, 0.2) is 47.4 Å². The van der Waals surface area contributed by atoms with Crippen LogP contribution >= 0.6 is 0 Å². The predicted molar refractivity (Wildman–Crippen MR) is 89.8 cm³/mol. The second-order valence-corrected chi connectivity index (χ2v) is 5.41. The molecule has 0 aliphatic carbocycles. The number of aromatic nitrogens is 1. The molecule has 0 N–H and O–H groups in total. The first kappa shape index (κ1) is 16.8. The molecule has 1 amide bonds. The molecule has 5 heteroatoms. The third-order valence-electron chi connectivity index (χ3n) is 4.00. The zero-order chi connectivity index (χ0) is 17.0. The second kappa shape index (κ2) is 7.13. The van der Waals surface area contributed by atoms with Gasteiger partial charge >= 0.3 is 0 Å². The molecule has 0 aliphatic rings. The van der Waals surface area contributed by atoms with E-state index in [9.17, 15) is 9.59 Å². The molecule has 0 saturated carbocycles. The van der Waals surface area contributed by atoms with E-state index in [1.165, 1.54) is 10.6 Å².